The van der Waals surface area contributed by atoms with E-state index in [0.29, 0.717) is 12.5 Å². The van der Waals surface area contributed by atoms with Gasteiger partial charge in [-0.1, -0.05) is 31.7 Å². The summed E-state index contributed by atoms with van der Waals surface area (Å²) in [5, 5.41) is 0. The maximum Gasteiger partial charge on any atom is 0.110 e. The topological polar surface area (TPSA) is 54.7 Å². The van der Waals surface area contributed by atoms with Gasteiger partial charge in [0.15, 0.2) is 0 Å². The second-order valence-corrected chi connectivity index (χ2v) is 5.37. The lowest BCUT2D eigenvalue weighted by atomic mass is 10.00. The highest BCUT2D eigenvalue weighted by Gasteiger charge is 2.17. The SMILES string of the molecule is NCc1ccc2nc(C3CCCCCC3)[nH]c2c1. The lowest BCUT2D eigenvalue weighted by Gasteiger charge is -2.09. The van der Waals surface area contributed by atoms with Gasteiger partial charge in [0.1, 0.15) is 5.82 Å². The van der Waals surface area contributed by atoms with Crippen molar-refractivity contribution in [3.63, 3.8) is 0 Å². The summed E-state index contributed by atoms with van der Waals surface area (Å²) >= 11 is 0. The van der Waals surface area contributed by atoms with Crippen LogP contribution >= 0.6 is 0 Å². The summed E-state index contributed by atoms with van der Waals surface area (Å²) in [5.41, 5.74) is 9.05. The van der Waals surface area contributed by atoms with Gasteiger partial charge in [0.25, 0.3) is 0 Å². The average molecular weight is 243 g/mol. The third-order valence-corrected chi connectivity index (χ3v) is 4.04. The van der Waals surface area contributed by atoms with Crippen LogP contribution in [0.4, 0.5) is 0 Å². The Morgan fingerprint density at radius 2 is 1.94 bits per heavy atom. The van der Waals surface area contributed by atoms with E-state index in [-0.39, 0.29) is 0 Å². The zero-order chi connectivity index (χ0) is 12.4. The Kier molecular flexibility index (Phi) is 3.33. The predicted octanol–water partition coefficient (Wildman–Crippen LogP) is 3.46. The molecule has 3 rings (SSSR count). The smallest absolute Gasteiger partial charge is 0.110 e. The van der Waals surface area contributed by atoms with Gasteiger partial charge < -0.3 is 10.7 Å². The summed E-state index contributed by atoms with van der Waals surface area (Å²) in [4.78, 5) is 8.26. The van der Waals surface area contributed by atoms with Crippen LogP contribution in [0.25, 0.3) is 11.0 Å². The molecule has 1 aromatic carbocycles. The number of fused-ring (bicyclic) bond motifs is 1. The molecular formula is C15H21N3. The molecule has 1 aliphatic rings. The Morgan fingerprint density at radius 3 is 2.67 bits per heavy atom. The number of hydrogen-bond acceptors (Lipinski definition) is 2. The van der Waals surface area contributed by atoms with Gasteiger partial charge in [-0.05, 0) is 30.5 Å². The van der Waals surface area contributed by atoms with Crippen molar-refractivity contribution in [2.24, 2.45) is 5.73 Å². The summed E-state index contributed by atoms with van der Waals surface area (Å²) < 4.78 is 0. The van der Waals surface area contributed by atoms with E-state index in [0.717, 1.165) is 11.0 Å². The fraction of sp³-hybridized carbons (Fsp3) is 0.533. The van der Waals surface area contributed by atoms with E-state index in [9.17, 15) is 0 Å². The Hall–Kier alpha value is -1.35. The second kappa shape index (κ2) is 5.11. The van der Waals surface area contributed by atoms with E-state index in [1.165, 1.54) is 49.9 Å². The first kappa shape index (κ1) is 11.7. The van der Waals surface area contributed by atoms with Crippen molar-refractivity contribution < 1.29 is 0 Å². The number of nitrogens with one attached hydrogen (secondary N) is 1. The van der Waals surface area contributed by atoms with E-state index >= 15 is 0 Å². The monoisotopic (exact) mass is 243 g/mol. The molecule has 0 amide bonds. The minimum atomic E-state index is 0.591. The van der Waals surface area contributed by atoms with Crippen molar-refractivity contribution in [2.45, 2.75) is 51.0 Å². The van der Waals surface area contributed by atoms with Crippen LogP contribution in [0.15, 0.2) is 18.2 Å². The molecule has 1 fully saturated rings. The molecule has 18 heavy (non-hydrogen) atoms. The van der Waals surface area contributed by atoms with E-state index in [2.05, 4.69) is 23.2 Å². The van der Waals surface area contributed by atoms with Crippen LogP contribution < -0.4 is 5.73 Å². The molecule has 0 unspecified atom stereocenters. The molecule has 0 spiro atoms. The maximum absolute atomic E-state index is 5.68. The van der Waals surface area contributed by atoms with Gasteiger partial charge in [0, 0.05) is 12.5 Å². The van der Waals surface area contributed by atoms with Gasteiger partial charge in [-0.25, -0.2) is 4.98 Å². The quantitative estimate of drug-likeness (QED) is 0.794. The van der Waals surface area contributed by atoms with Crippen molar-refractivity contribution in [1.82, 2.24) is 9.97 Å². The van der Waals surface area contributed by atoms with Gasteiger partial charge in [0.2, 0.25) is 0 Å². The fourth-order valence-corrected chi connectivity index (χ4v) is 2.95. The van der Waals surface area contributed by atoms with Crippen LogP contribution in [0.3, 0.4) is 0 Å². The summed E-state index contributed by atoms with van der Waals surface area (Å²) in [6.45, 7) is 0.591. The first-order valence-electron chi connectivity index (χ1n) is 7.05. The minimum absolute atomic E-state index is 0.591. The van der Waals surface area contributed by atoms with Crippen LogP contribution in [0.1, 0.15) is 55.8 Å². The van der Waals surface area contributed by atoms with Gasteiger partial charge in [0.05, 0.1) is 11.0 Å². The summed E-state index contributed by atoms with van der Waals surface area (Å²) in [6.07, 6.45) is 8.01. The lowest BCUT2D eigenvalue weighted by molar-refractivity contribution is 0.567. The molecule has 0 saturated heterocycles. The Labute approximate surface area is 108 Å². The molecule has 3 nitrogen and oxygen atoms in total. The molecule has 2 aromatic rings. The molecule has 1 aromatic heterocycles. The highest BCUT2D eigenvalue weighted by molar-refractivity contribution is 5.76. The Bertz CT molecular complexity index is 522. The van der Waals surface area contributed by atoms with Crippen molar-refractivity contribution in [2.75, 3.05) is 0 Å². The standard InChI is InChI=1S/C15H21N3/c16-10-11-7-8-13-14(9-11)18-15(17-13)12-5-3-1-2-4-6-12/h7-9,12H,1-6,10,16H2,(H,17,18). The van der Waals surface area contributed by atoms with Crippen LogP contribution in [0.2, 0.25) is 0 Å². The number of rotatable bonds is 2. The first-order valence-corrected chi connectivity index (χ1v) is 7.05. The Morgan fingerprint density at radius 1 is 1.17 bits per heavy atom. The number of benzene rings is 1. The van der Waals surface area contributed by atoms with Crippen LogP contribution in [0, 0.1) is 0 Å². The molecule has 3 heteroatoms. The molecule has 0 radical (unpaired) electrons. The van der Waals surface area contributed by atoms with Crippen molar-refractivity contribution in [3.05, 3.63) is 29.6 Å². The van der Waals surface area contributed by atoms with Crippen molar-refractivity contribution in [3.8, 4) is 0 Å². The third-order valence-electron chi connectivity index (χ3n) is 4.04. The number of aromatic amines is 1. The third kappa shape index (κ3) is 2.27. The summed E-state index contributed by atoms with van der Waals surface area (Å²) in [5.74, 6) is 1.81. The molecule has 96 valence electrons. The van der Waals surface area contributed by atoms with Crippen molar-refractivity contribution in [1.29, 1.82) is 0 Å². The van der Waals surface area contributed by atoms with Crippen LogP contribution in [0.5, 0.6) is 0 Å². The van der Waals surface area contributed by atoms with Gasteiger partial charge >= 0.3 is 0 Å². The highest BCUT2D eigenvalue weighted by atomic mass is 14.9. The Balaban J connectivity index is 1.91. The number of nitrogens with two attached hydrogens (primary N) is 1. The number of H-pyrrole nitrogens is 1. The number of hydrogen-bond donors (Lipinski definition) is 2. The largest absolute Gasteiger partial charge is 0.342 e. The van der Waals surface area contributed by atoms with E-state index in [1.807, 2.05) is 0 Å². The zero-order valence-electron chi connectivity index (χ0n) is 10.8. The van der Waals surface area contributed by atoms with Gasteiger partial charge in [-0.2, -0.15) is 0 Å². The fourth-order valence-electron chi connectivity index (χ4n) is 2.95. The molecule has 0 bridgehead atoms. The highest BCUT2D eigenvalue weighted by Crippen LogP contribution is 2.31. The molecule has 0 aliphatic heterocycles. The van der Waals surface area contributed by atoms with E-state index < -0.39 is 0 Å². The van der Waals surface area contributed by atoms with Crippen molar-refractivity contribution >= 4 is 11.0 Å². The van der Waals surface area contributed by atoms with Crippen LogP contribution in [-0.4, -0.2) is 9.97 Å². The molecule has 1 aliphatic carbocycles. The van der Waals surface area contributed by atoms with E-state index in [4.69, 9.17) is 10.7 Å². The minimum Gasteiger partial charge on any atom is -0.342 e. The van der Waals surface area contributed by atoms with Crippen LogP contribution in [-0.2, 0) is 6.54 Å². The summed E-state index contributed by atoms with van der Waals surface area (Å²) in [6, 6.07) is 6.27. The van der Waals surface area contributed by atoms with E-state index in [1.54, 1.807) is 0 Å². The molecule has 0 atom stereocenters. The number of imidazole rings is 1. The normalized spacial score (nSPS) is 18.1. The number of aromatic nitrogens is 2. The molecule has 1 saturated carbocycles. The first-order chi connectivity index (χ1) is 8.86. The number of nitrogens with zero attached hydrogens (tertiary/aromatic N) is 1. The summed E-state index contributed by atoms with van der Waals surface area (Å²) in [7, 11) is 0. The zero-order valence-corrected chi connectivity index (χ0v) is 10.8. The molecule has 3 N–H and O–H groups in total. The van der Waals surface area contributed by atoms with Gasteiger partial charge in [-0.3, -0.25) is 0 Å². The van der Waals surface area contributed by atoms with Gasteiger partial charge in [-0.15, -0.1) is 0 Å². The lowest BCUT2D eigenvalue weighted by Crippen LogP contribution is -1.99. The second-order valence-electron chi connectivity index (χ2n) is 5.37. The maximum atomic E-state index is 5.68. The molecule has 1 heterocycles. The average Bonchev–Trinajstić information content (AvgIpc) is 2.63. The predicted molar refractivity (Wildman–Crippen MR) is 74.4 cm³/mol. The molecular weight excluding hydrogens is 222 g/mol.